The zero-order valence-electron chi connectivity index (χ0n) is 12.6. The summed E-state index contributed by atoms with van der Waals surface area (Å²) in [5, 5.41) is 0. The van der Waals surface area contributed by atoms with Gasteiger partial charge in [-0.15, -0.1) is 11.6 Å². The molecule has 0 aliphatic rings. The van der Waals surface area contributed by atoms with E-state index in [1.807, 2.05) is 6.92 Å². The molecule has 7 heteroatoms. The zero-order chi connectivity index (χ0) is 15.9. The lowest BCUT2D eigenvalue weighted by Gasteiger charge is -2.22. The normalized spacial score (nSPS) is 11.9. The summed E-state index contributed by atoms with van der Waals surface area (Å²) in [6, 6.07) is 4.94. The summed E-state index contributed by atoms with van der Waals surface area (Å²) in [6.07, 6.45) is 0. The van der Waals surface area contributed by atoms with Gasteiger partial charge in [0.1, 0.15) is 10.6 Å². The second-order valence-electron chi connectivity index (χ2n) is 4.31. The predicted molar refractivity (Wildman–Crippen MR) is 83.5 cm³/mol. The van der Waals surface area contributed by atoms with Crippen LogP contribution in [0.15, 0.2) is 23.1 Å². The largest absolute Gasteiger partial charge is 0.495 e. The smallest absolute Gasteiger partial charge is 0.246 e. The van der Waals surface area contributed by atoms with Gasteiger partial charge in [-0.25, -0.2) is 8.42 Å². The Labute approximate surface area is 131 Å². The van der Waals surface area contributed by atoms with Crippen LogP contribution in [0.1, 0.15) is 19.4 Å². The Morgan fingerprint density at radius 3 is 2.52 bits per heavy atom. The minimum absolute atomic E-state index is 0.140. The van der Waals surface area contributed by atoms with Crippen LogP contribution in [0.25, 0.3) is 0 Å². The molecule has 0 spiro atoms. The number of halogens is 1. The van der Waals surface area contributed by atoms with E-state index < -0.39 is 10.0 Å². The second-order valence-corrected chi connectivity index (χ2v) is 6.49. The first-order chi connectivity index (χ1) is 10.0. The highest BCUT2D eigenvalue weighted by molar-refractivity contribution is 7.89. The van der Waals surface area contributed by atoms with Crippen LogP contribution in [0, 0.1) is 0 Å². The molecule has 0 amide bonds. The molecule has 0 heterocycles. The highest BCUT2D eigenvalue weighted by Gasteiger charge is 2.26. The van der Waals surface area contributed by atoms with Crippen molar-refractivity contribution in [3.05, 3.63) is 23.8 Å². The van der Waals surface area contributed by atoms with Crippen LogP contribution in [0.2, 0.25) is 0 Å². The zero-order valence-corrected chi connectivity index (χ0v) is 14.2. The highest BCUT2D eigenvalue weighted by Crippen LogP contribution is 2.28. The van der Waals surface area contributed by atoms with Crippen molar-refractivity contribution in [1.82, 2.24) is 4.31 Å². The topological polar surface area (TPSA) is 55.8 Å². The van der Waals surface area contributed by atoms with Gasteiger partial charge in [0.25, 0.3) is 0 Å². The minimum Gasteiger partial charge on any atom is -0.495 e. The summed E-state index contributed by atoms with van der Waals surface area (Å²) in [6.45, 7) is 5.26. The van der Waals surface area contributed by atoms with Crippen LogP contribution in [-0.4, -0.2) is 46.1 Å². The molecule has 1 aromatic carbocycles. The summed E-state index contributed by atoms with van der Waals surface area (Å²) in [5.41, 5.74) is 0.733. The molecule has 0 aromatic heterocycles. The number of hydrogen-bond acceptors (Lipinski definition) is 4. The number of sulfonamides is 1. The first-order valence-electron chi connectivity index (χ1n) is 6.82. The average molecular weight is 336 g/mol. The van der Waals surface area contributed by atoms with E-state index in [4.69, 9.17) is 21.1 Å². The Bertz CT molecular complexity index is 548. The number of rotatable bonds is 9. The Morgan fingerprint density at radius 2 is 2.00 bits per heavy atom. The van der Waals surface area contributed by atoms with E-state index in [1.165, 1.54) is 11.4 Å². The molecule has 0 saturated carbocycles. The van der Waals surface area contributed by atoms with Gasteiger partial charge in [0, 0.05) is 25.6 Å². The summed E-state index contributed by atoms with van der Waals surface area (Å²) < 4.78 is 37.3. The van der Waals surface area contributed by atoms with Gasteiger partial charge >= 0.3 is 0 Å². The van der Waals surface area contributed by atoms with Crippen molar-refractivity contribution < 1.29 is 17.9 Å². The van der Waals surface area contributed by atoms with Crippen molar-refractivity contribution in [2.45, 2.75) is 24.6 Å². The number of hydrogen-bond donors (Lipinski definition) is 0. The molecule has 0 radical (unpaired) electrons. The molecular weight excluding hydrogens is 314 g/mol. The molecule has 0 aliphatic heterocycles. The fraction of sp³-hybridized carbons (Fsp3) is 0.571. The number of methoxy groups -OCH3 is 1. The lowest BCUT2D eigenvalue weighted by Crippen LogP contribution is -2.34. The van der Waals surface area contributed by atoms with E-state index in [1.54, 1.807) is 25.1 Å². The molecule has 0 fully saturated rings. The van der Waals surface area contributed by atoms with Gasteiger partial charge in [0.2, 0.25) is 10.0 Å². The summed E-state index contributed by atoms with van der Waals surface area (Å²) >= 11 is 5.79. The quantitative estimate of drug-likeness (QED) is 0.514. The molecule has 0 unspecified atom stereocenters. The van der Waals surface area contributed by atoms with E-state index >= 15 is 0 Å². The van der Waals surface area contributed by atoms with Gasteiger partial charge in [0.05, 0.1) is 13.7 Å². The van der Waals surface area contributed by atoms with Crippen molar-refractivity contribution in [3.63, 3.8) is 0 Å². The van der Waals surface area contributed by atoms with Gasteiger partial charge in [0.15, 0.2) is 0 Å². The van der Waals surface area contributed by atoms with Crippen LogP contribution in [0.3, 0.4) is 0 Å². The lowest BCUT2D eigenvalue weighted by atomic mass is 10.2. The van der Waals surface area contributed by atoms with Crippen LogP contribution in [0.4, 0.5) is 0 Å². The Balaban J connectivity index is 3.14. The van der Waals surface area contributed by atoms with Crippen LogP contribution in [0.5, 0.6) is 5.75 Å². The van der Waals surface area contributed by atoms with Crippen molar-refractivity contribution in [2.24, 2.45) is 0 Å². The number of nitrogens with zero attached hydrogens (tertiary/aromatic N) is 1. The van der Waals surface area contributed by atoms with E-state index in [0.717, 1.165) is 5.56 Å². The van der Waals surface area contributed by atoms with Crippen molar-refractivity contribution in [3.8, 4) is 5.75 Å². The fourth-order valence-electron chi connectivity index (χ4n) is 1.90. The molecule has 5 nitrogen and oxygen atoms in total. The molecule has 1 rings (SSSR count). The Kier molecular flexibility index (Phi) is 7.45. The Morgan fingerprint density at radius 1 is 1.29 bits per heavy atom. The minimum atomic E-state index is -3.64. The maximum atomic E-state index is 12.8. The van der Waals surface area contributed by atoms with Gasteiger partial charge in [-0.3, -0.25) is 0 Å². The molecule has 21 heavy (non-hydrogen) atoms. The van der Waals surface area contributed by atoms with Gasteiger partial charge in [-0.05, 0) is 24.6 Å². The third kappa shape index (κ3) is 4.57. The monoisotopic (exact) mass is 335 g/mol. The maximum absolute atomic E-state index is 12.8. The van der Waals surface area contributed by atoms with Crippen LogP contribution >= 0.6 is 11.6 Å². The van der Waals surface area contributed by atoms with E-state index in [-0.39, 0.29) is 10.8 Å². The van der Waals surface area contributed by atoms with E-state index in [0.29, 0.717) is 32.1 Å². The predicted octanol–water partition coefficient (Wildman–Crippen LogP) is 2.48. The van der Waals surface area contributed by atoms with Gasteiger partial charge in [-0.2, -0.15) is 4.31 Å². The Hall–Kier alpha value is -0.820. The number of benzene rings is 1. The molecule has 0 atom stereocenters. The van der Waals surface area contributed by atoms with Crippen molar-refractivity contribution >= 4 is 21.6 Å². The number of likely N-dealkylation sites (N-methyl/N-ethyl adjacent to an activating group) is 1. The van der Waals surface area contributed by atoms with Crippen molar-refractivity contribution in [1.29, 1.82) is 0 Å². The molecule has 0 saturated heterocycles. The van der Waals surface area contributed by atoms with E-state index in [9.17, 15) is 8.42 Å². The third-order valence-electron chi connectivity index (χ3n) is 3.04. The first-order valence-corrected chi connectivity index (χ1v) is 8.79. The summed E-state index contributed by atoms with van der Waals surface area (Å²) in [4.78, 5) is 0.140. The average Bonchev–Trinajstić information content (AvgIpc) is 2.50. The standard InChI is InChI=1S/C14H22ClNO4S/c1-4-16(8-9-20-5-2)21(17,18)14-10-12(11-15)6-7-13(14)19-3/h6-7,10H,4-5,8-9,11H2,1-3H3. The highest BCUT2D eigenvalue weighted by atomic mass is 35.5. The summed E-state index contributed by atoms with van der Waals surface area (Å²) in [5.74, 6) is 0.566. The summed E-state index contributed by atoms with van der Waals surface area (Å²) in [7, 11) is -2.19. The molecular formula is C14H22ClNO4S. The lowest BCUT2D eigenvalue weighted by molar-refractivity contribution is 0.135. The van der Waals surface area contributed by atoms with Gasteiger partial charge < -0.3 is 9.47 Å². The van der Waals surface area contributed by atoms with Crippen LogP contribution < -0.4 is 4.74 Å². The molecule has 120 valence electrons. The second kappa shape index (κ2) is 8.58. The number of alkyl halides is 1. The van der Waals surface area contributed by atoms with Crippen molar-refractivity contribution in [2.75, 3.05) is 33.4 Å². The molecule has 0 N–H and O–H groups in total. The third-order valence-corrected chi connectivity index (χ3v) is 5.35. The SMILES string of the molecule is CCOCCN(CC)S(=O)(=O)c1cc(CCl)ccc1OC. The first kappa shape index (κ1) is 18.2. The maximum Gasteiger partial charge on any atom is 0.246 e. The van der Waals surface area contributed by atoms with E-state index in [2.05, 4.69) is 0 Å². The number of ether oxygens (including phenoxy) is 2. The fourth-order valence-corrected chi connectivity index (χ4v) is 3.71. The van der Waals surface area contributed by atoms with Gasteiger partial charge in [-0.1, -0.05) is 13.0 Å². The molecule has 1 aromatic rings. The molecule has 0 aliphatic carbocycles. The van der Waals surface area contributed by atoms with Crippen LogP contribution in [-0.2, 0) is 20.6 Å². The molecule has 0 bridgehead atoms.